The van der Waals surface area contributed by atoms with Gasteiger partial charge in [0.1, 0.15) is 24.2 Å². The topological polar surface area (TPSA) is 244 Å². The summed E-state index contributed by atoms with van der Waals surface area (Å²) in [5, 5.41) is 13.2. The molecule has 0 spiro atoms. The van der Waals surface area contributed by atoms with Crippen LogP contribution in [0.1, 0.15) is 57.9 Å². The van der Waals surface area contributed by atoms with Crippen molar-refractivity contribution in [1.29, 1.82) is 0 Å². The largest absolute Gasteiger partial charge is 0.373 e. The van der Waals surface area contributed by atoms with Gasteiger partial charge in [0, 0.05) is 13.0 Å². The Morgan fingerprint density at radius 2 is 1.37 bits per heavy atom. The second-order valence-corrected chi connectivity index (χ2v) is 9.91. The third kappa shape index (κ3) is 14.6. The second kappa shape index (κ2) is 20.2. The van der Waals surface area contributed by atoms with Gasteiger partial charge >= 0.3 is 6.15 Å². The lowest BCUT2D eigenvalue weighted by Gasteiger charge is -2.25. The van der Waals surface area contributed by atoms with Crippen LogP contribution in [0.5, 0.6) is 0 Å². The van der Waals surface area contributed by atoms with Crippen molar-refractivity contribution in [3.63, 3.8) is 0 Å². The van der Waals surface area contributed by atoms with Gasteiger partial charge in [0.25, 0.3) is 0 Å². The van der Waals surface area contributed by atoms with Crippen molar-refractivity contribution in [2.45, 2.75) is 83.0 Å². The van der Waals surface area contributed by atoms with Gasteiger partial charge in [0.2, 0.25) is 29.5 Å². The van der Waals surface area contributed by atoms with Crippen molar-refractivity contribution in [3.05, 3.63) is 35.9 Å². The van der Waals surface area contributed by atoms with Gasteiger partial charge in [-0.2, -0.15) is 9.59 Å². The molecule has 4 atom stereocenters. The minimum absolute atomic E-state index is 0.0896. The first-order valence-corrected chi connectivity index (χ1v) is 14.1. The zero-order valence-electron chi connectivity index (χ0n) is 24.5. The molecule has 0 aromatic heterocycles. The summed E-state index contributed by atoms with van der Waals surface area (Å²) >= 11 is 0. The van der Waals surface area contributed by atoms with E-state index in [2.05, 4.69) is 31.6 Å². The molecule has 1 saturated heterocycles. The second-order valence-electron chi connectivity index (χ2n) is 9.91. The molecule has 15 nitrogen and oxygen atoms in total. The van der Waals surface area contributed by atoms with Gasteiger partial charge in [-0.3, -0.25) is 29.0 Å². The van der Waals surface area contributed by atoms with E-state index in [0.29, 0.717) is 19.3 Å². The van der Waals surface area contributed by atoms with Crippen LogP contribution in [0.3, 0.4) is 0 Å². The molecule has 43 heavy (non-hydrogen) atoms. The molecule has 236 valence electrons. The van der Waals surface area contributed by atoms with Crippen LogP contribution in [-0.2, 0) is 40.0 Å². The summed E-state index contributed by atoms with van der Waals surface area (Å²) in [6.07, 6.45) is 3.76. The minimum atomic E-state index is -1.00. The van der Waals surface area contributed by atoms with E-state index in [1.807, 2.05) is 37.3 Å². The number of carbonyl (C=O) groups excluding carboxylic acids is 7. The Labute approximate surface area is 250 Å². The van der Waals surface area contributed by atoms with Gasteiger partial charge in [0.05, 0.1) is 6.54 Å². The highest BCUT2D eigenvalue weighted by molar-refractivity contribution is 5.97. The number of unbranched alkanes of at least 4 members (excludes halogenated alkanes) is 2. The summed E-state index contributed by atoms with van der Waals surface area (Å²) in [5.41, 5.74) is 11.5. The molecule has 1 aromatic carbocycles. The predicted molar refractivity (Wildman–Crippen MR) is 156 cm³/mol. The zero-order chi connectivity index (χ0) is 32.2. The molecular weight excluding hydrogens is 560 g/mol. The van der Waals surface area contributed by atoms with Gasteiger partial charge in [-0.1, -0.05) is 56.5 Å². The highest BCUT2D eigenvalue weighted by Crippen LogP contribution is 2.09. The fraction of sp³-hybridized carbons (Fsp3) is 0.536. The average Bonchev–Trinajstić information content (AvgIpc) is 2.96. The molecule has 0 aliphatic carbocycles. The molecule has 0 radical (unpaired) electrons. The number of rotatable bonds is 10. The molecule has 1 unspecified atom stereocenters. The van der Waals surface area contributed by atoms with Crippen LogP contribution in [0.4, 0.5) is 0 Å². The molecule has 1 aliphatic heterocycles. The van der Waals surface area contributed by atoms with Crippen LogP contribution in [0, 0.1) is 0 Å². The molecule has 1 heterocycles. The fourth-order valence-corrected chi connectivity index (χ4v) is 4.19. The molecule has 1 aromatic rings. The maximum Gasteiger partial charge on any atom is 0.373 e. The van der Waals surface area contributed by atoms with E-state index < -0.39 is 60.2 Å². The van der Waals surface area contributed by atoms with Crippen LogP contribution >= 0.6 is 0 Å². The van der Waals surface area contributed by atoms with Gasteiger partial charge in [-0.05, 0) is 31.7 Å². The lowest BCUT2D eigenvalue weighted by Crippen LogP contribution is -2.57. The highest BCUT2D eigenvalue weighted by atomic mass is 16.2. The van der Waals surface area contributed by atoms with E-state index in [-0.39, 0.29) is 31.5 Å². The molecule has 1 fully saturated rings. The third-order valence-electron chi connectivity index (χ3n) is 6.42. The van der Waals surface area contributed by atoms with Gasteiger partial charge in [-0.25, -0.2) is 0 Å². The molecule has 9 N–H and O–H groups in total. The number of nitrogens with one attached hydrogen (secondary N) is 5. The molecule has 5 amide bonds. The van der Waals surface area contributed by atoms with E-state index in [4.69, 9.17) is 21.1 Å². The first-order valence-electron chi connectivity index (χ1n) is 14.1. The number of carbonyl (C=O) groups is 5. The predicted octanol–water partition coefficient (Wildman–Crippen LogP) is -1.63. The number of benzene rings is 1. The Morgan fingerprint density at radius 1 is 0.814 bits per heavy atom. The SMILES string of the molecule is CCCCCC1NC(=O)[C@H](Cc2ccccc2)NC(=O)[C@@H](C)NC(=O)CNC(=O)[C@H](CCCN=C(N)N)NC1=O.O=C=O. The molecule has 0 bridgehead atoms. The van der Waals surface area contributed by atoms with Crippen molar-refractivity contribution in [3.8, 4) is 0 Å². The van der Waals surface area contributed by atoms with E-state index in [9.17, 15) is 24.0 Å². The van der Waals surface area contributed by atoms with Crippen molar-refractivity contribution < 1.29 is 33.6 Å². The smallest absolute Gasteiger partial charge is 0.370 e. The van der Waals surface area contributed by atoms with Crippen LogP contribution in [0.2, 0.25) is 0 Å². The van der Waals surface area contributed by atoms with Crippen LogP contribution in [0.25, 0.3) is 0 Å². The third-order valence-corrected chi connectivity index (χ3v) is 6.42. The maximum atomic E-state index is 13.5. The van der Waals surface area contributed by atoms with Crippen LogP contribution in [-0.4, -0.2) is 78.9 Å². The average molecular weight is 603 g/mol. The first-order chi connectivity index (χ1) is 20.5. The molecule has 15 heteroatoms. The lowest BCUT2D eigenvalue weighted by molar-refractivity contribution is -0.191. The molecule has 2 rings (SSSR count). The Bertz CT molecular complexity index is 1140. The summed E-state index contributed by atoms with van der Waals surface area (Å²) in [4.78, 5) is 85.3. The summed E-state index contributed by atoms with van der Waals surface area (Å²) in [6, 6.07) is 5.23. The van der Waals surface area contributed by atoms with Gasteiger partial charge in [-0.15, -0.1) is 0 Å². The van der Waals surface area contributed by atoms with E-state index in [1.54, 1.807) is 0 Å². The number of aliphatic imine (C=N–C) groups is 1. The molecule has 0 saturated carbocycles. The number of amides is 5. The Kier molecular flexibility index (Phi) is 17.0. The normalized spacial score (nSPS) is 21.5. The summed E-state index contributed by atoms with van der Waals surface area (Å²) < 4.78 is 0. The quantitative estimate of drug-likeness (QED) is 0.0922. The van der Waals surface area contributed by atoms with Crippen molar-refractivity contribution in [1.82, 2.24) is 26.6 Å². The monoisotopic (exact) mass is 602 g/mol. The van der Waals surface area contributed by atoms with Gasteiger partial charge in [0.15, 0.2) is 5.96 Å². The maximum absolute atomic E-state index is 13.5. The number of hydrogen-bond donors (Lipinski definition) is 7. The Hall–Kier alpha value is -4.78. The van der Waals surface area contributed by atoms with Gasteiger partial charge < -0.3 is 38.1 Å². The van der Waals surface area contributed by atoms with E-state index in [1.165, 1.54) is 6.92 Å². The number of nitrogens with zero attached hydrogens (tertiary/aromatic N) is 1. The summed E-state index contributed by atoms with van der Waals surface area (Å²) in [6.45, 7) is 3.34. The lowest BCUT2D eigenvalue weighted by atomic mass is 10.0. The standard InChI is InChI=1S/C27H42N8O5.CO2/c1-3-4-6-12-20-25(39)33-19(13-9-14-30-27(28)29)24(38)31-16-22(36)32-17(2)23(37)35-21(26(40)34-20)15-18-10-7-5-8-11-18;2-1-3/h5,7-8,10-11,17,19-21H,3-4,6,9,12-16H2,1-2H3,(H,31,38)(H,32,36)(H,33,39)(H,34,40)(H,35,37)(H4,28,29,30);/t17-,19+,20?,21+;/m1./s1. The van der Waals surface area contributed by atoms with Crippen LogP contribution < -0.4 is 38.1 Å². The Balaban J connectivity index is 0.00000295. The number of hydrogen-bond acceptors (Lipinski definition) is 8. The minimum Gasteiger partial charge on any atom is -0.370 e. The zero-order valence-corrected chi connectivity index (χ0v) is 24.5. The fourth-order valence-electron chi connectivity index (χ4n) is 4.19. The Morgan fingerprint density at radius 3 is 1.98 bits per heavy atom. The highest BCUT2D eigenvalue weighted by Gasteiger charge is 2.31. The number of nitrogens with two attached hydrogens (primary N) is 2. The molecular formula is C28H42N8O7. The summed E-state index contributed by atoms with van der Waals surface area (Å²) in [5.74, 6) is -2.93. The first kappa shape index (κ1) is 36.2. The van der Waals surface area contributed by atoms with E-state index in [0.717, 1.165) is 18.4 Å². The van der Waals surface area contributed by atoms with Crippen molar-refractivity contribution in [2.24, 2.45) is 16.5 Å². The van der Waals surface area contributed by atoms with Crippen LogP contribution in [0.15, 0.2) is 35.3 Å². The van der Waals surface area contributed by atoms with Crippen molar-refractivity contribution in [2.75, 3.05) is 13.1 Å². The molecule has 1 aliphatic rings. The summed E-state index contributed by atoms with van der Waals surface area (Å²) in [7, 11) is 0. The van der Waals surface area contributed by atoms with E-state index >= 15 is 0 Å². The van der Waals surface area contributed by atoms with Crippen molar-refractivity contribution >= 4 is 41.6 Å². The number of guanidine groups is 1.